The first-order chi connectivity index (χ1) is 19.5. The van der Waals surface area contributed by atoms with Crippen LogP contribution in [-0.2, 0) is 15.0 Å². The highest BCUT2D eigenvalue weighted by atomic mass is 32.2. The number of nitrogens with zero attached hydrogens (tertiary/aromatic N) is 1. The minimum Gasteiger partial charge on any atom is -0.335 e. The molecule has 4 nitrogen and oxygen atoms in total. The number of likely N-dealkylation sites (N-methyl/N-ethyl adjacent to an activating group) is 1. The van der Waals surface area contributed by atoms with Gasteiger partial charge >= 0.3 is 0 Å². The first kappa shape index (κ1) is 28.4. The summed E-state index contributed by atoms with van der Waals surface area (Å²) >= 11 is 5.27. The Kier molecular flexibility index (Phi) is 8.73. The van der Waals surface area contributed by atoms with E-state index >= 15 is 0 Å². The zero-order valence-corrected chi connectivity index (χ0v) is 26.8. The highest BCUT2D eigenvalue weighted by molar-refractivity contribution is 8.03. The van der Waals surface area contributed by atoms with Crippen molar-refractivity contribution >= 4 is 57.7 Å². The number of anilines is 1. The van der Waals surface area contributed by atoms with Crippen molar-refractivity contribution in [3.8, 4) is 0 Å². The normalized spacial score (nSPS) is 26.4. The van der Waals surface area contributed by atoms with Gasteiger partial charge < -0.3 is 9.08 Å². The van der Waals surface area contributed by atoms with Crippen LogP contribution in [0.2, 0.25) is 0 Å². The molecular formula is C32H37N2O2S4+. The lowest BCUT2D eigenvalue weighted by Crippen LogP contribution is -3.08. The molecule has 8 heteroatoms. The molecule has 0 bridgehead atoms. The summed E-state index contributed by atoms with van der Waals surface area (Å²) in [5.74, 6) is 0.675. The van der Waals surface area contributed by atoms with Gasteiger partial charge in [0.15, 0.2) is 5.37 Å². The second-order valence-corrected chi connectivity index (χ2v) is 15.2. The van der Waals surface area contributed by atoms with Crippen molar-refractivity contribution in [2.75, 3.05) is 31.4 Å². The average molecular weight is 610 g/mol. The maximum Gasteiger partial charge on any atom is 0.163 e. The number of quaternary nitrogens is 1. The van der Waals surface area contributed by atoms with E-state index in [1.165, 1.54) is 84.0 Å². The number of fused-ring (bicyclic) bond motifs is 3. The van der Waals surface area contributed by atoms with Gasteiger partial charge in [-0.2, -0.15) is 0 Å². The molecule has 6 rings (SSSR count). The Hall–Kier alpha value is -1.68. The molecule has 0 saturated heterocycles. The lowest BCUT2D eigenvalue weighted by molar-refractivity contribution is -0.833. The van der Waals surface area contributed by atoms with Gasteiger partial charge in [-0.15, -0.1) is 0 Å². The van der Waals surface area contributed by atoms with Crippen molar-refractivity contribution < 1.29 is 13.3 Å². The van der Waals surface area contributed by atoms with Gasteiger partial charge in [0.25, 0.3) is 0 Å². The minimum atomic E-state index is -0.971. The van der Waals surface area contributed by atoms with E-state index in [0.717, 1.165) is 24.4 Å². The van der Waals surface area contributed by atoms with Crippen LogP contribution >= 0.6 is 35.6 Å². The van der Waals surface area contributed by atoms with E-state index in [1.807, 2.05) is 29.6 Å². The van der Waals surface area contributed by atoms with Crippen LogP contribution < -0.4 is 9.80 Å². The van der Waals surface area contributed by atoms with Gasteiger partial charge in [-0.05, 0) is 105 Å². The van der Waals surface area contributed by atoms with Crippen molar-refractivity contribution in [1.82, 2.24) is 0 Å². The molecule has 0 saturated carbocycles. The summed E-state index contributed by atoms with van der Waals surface area (Å²) in [5, 5.41) is 1.69. The van der Waals surface area contributed by atoms with Crippen molar-refractivity contribution in [2.45, 2.75) is 64.5 Å². The minimum absolute atomic E-state index is 0.411. The molecule has 0 amide bonds. The Morgan fingerprint density at radius 1 is 1.12 bits per heavy atom. The third kappa shape index (κ3) is 5.68. The van der Waals surface area contributed by atoms with Gasteiger partial charge in [-0.1, -0.05) is 35.7 Å². The molecule has 4 aliphatic rings. The second-order valence-electron chi connectivity index (χ2n) is 10.6. The molecule has 2 aliphatic carbocycles. The molecule has 40 heavy (non-hydrogen) atoms. The monoisotopic (exact) mass is 609 g/mol. The average Bonchev–Trinajstić information content (AvgIpc) is 3.48. The number of benzene rings is 2. The van der Waals surface area contributed by atoms with E-state index in [1.54, 1.807) is 13.4 Å². The highest BCUT2D eigenvalue weighted by Gasteiger charge is 2.34. The van der Waals surface area contributed by atoms with Crippen LogP contribution in [0.15, 0.2) is 102 Å². The third-order valence-electron chi connectivity index (χ3n) is 8.22. The lowest BCUT2D eigenvalue weighted by atomic mass is 9.77. The molecule has 2 heterocycles. The van der Waals surface area contributed by atoms with Crippen LogP contribution in [0, 0.1) is 5.92 Å². The van der Waals surface area contributed by atoms with Gasteiger partial charge in [0.05, 0.1) is 29.3 Å². The van der Waals surface area contributed by atoms with Gasteiger partial charge in [0.1, 0.15) is 5.69 Å². The summed E-state index contributed by atoms with van der Waals surface area (Å²) in [7, 11) is 0.758. The highest BCUT2D eigenvalue weighted by Crippen LogP contribution is 2.48. The molecule has 210 valence electrons. The van der Waals surface area contributed by atoms with E-state index in [2.05, 4.69) is 73.4 Å². The number of rotatable bonds is 7. The number of hydrogen-bond acceptors (Lipinski definition) is 6. The fourth-order valence-corrected chi connectivity index (χ4v) is 9.82. The van der Waals surface area contributed by atoms with Crippen LogP contribution in [0.5, 0.6) is 0 Å². The summed E-state index contributed by atoms with van der Waals surface area (Å²) in [5.41, 5.74) is 6.99. The quantitative estimate of drug-likeness (QED) is 0.328. The summed E-state index contributed by atoms with van der Waals surface area (Å²) in [6.07, 6.45) is 16.4. The molecule has 0 radical (unpaired) electrons. The molecule has 0 fully saturated rings. The summed E-state index contributed by atoms with van der Waals surface area (Å²) in [6.45, 7) is 6.45. The Balaban J connectivity index is 1.24. The topological polar surface area (TPSA) is 34.0 Å². The zero-order chi connectivity index (χ0) is 27.8. The first-order valence-corrected chi connectivity index (χ1v) is 18.1. The fourth-order valence-electron chi connectivity index (χ4n) is 6.20. The molecule has 0 spiro atoms. The van der Waals surface area contributed by atoms with E-state index in [0.29, 0.717) is 11.3 Å². The van der Waals surface area contributed by atoms with Crippen molar-refractivity contribution in [2.24, 2.45) is 5.92 Å². The van der Waals surface area contributed by atoms with Gasteiger partial charge in [-0.3, -0.25) is 9.11 Å². The molecule has 4 unspecified atom stereocenters. The maximum atomic E-state index is 12.1. The fraction of sp³-hybridized carbons (Fsp3) is 0.375. The van der Waals surface area contributed by atoms with Crippen LogP contribution in [0.4, 0.5) is 11.4 Å². The van der Waals surface area contributed by atoms with Gasteiger partial charge in [-0.25, -0.2) is 0 Å². The Labute approximate surface area is 254 Å². The lowest BCUT2D eigenvalue weighted by Gasteiger charge is -2.29. The van der Waals surface area contributed by atoms with Gasteiger partial charge in [0.2, 0.25) is 0 Å². The molecule has 4 atom stereocenters. The SMILES string of the molecule is CCN1/C(=C/C2=CC3=C/C(=C/C4Sc5ccc(SOC)cc5[NH+]4CC)CCC3CC2)Sc2ccc(S(C)=O)cc21. The maximum absolute atomic E-state index is 12.1. The number of thioether (sulfide) groups is 2. The molecular weight excluding hydrogens is 573 g/mol. The standard InChI is InChI=1S/C32H36N2O2S4/c1-5-33-27-19-25(39-36-3)11-13-29(27)37-31(33)17-21-7-9-23-10-8-22(16-24(23)15-21)18-32-34(6-2)28-20-26(40(4)35)12-14-30(28)38-32/h11-20,23,31H,5-10H2,1-4H3/p+1/b21-17+,32-18-. The Bertz CT molecular complexity index is 1460. The molecule has 2 aromatic rings. The second kappa shape index (κ2) is 12.3. The Morgan fingerprint density at radius 3 is 2.73 bits per heavy atom. The van der Waals surface area contributed by atoms with Crippen molar-refractivity contribution in [1.29, 1.82) is 0 Å². The molecule has 2 aromatic carbocycles. The predicted molar refractivity (Wildman–Crippen MR) is 172 cm³/mol. The van der Waals surface area contributed by atoms with Crippen molar-refractivity contribution in [3.63, 3.8) is 0 Å². The van der Waals surface area contributed by atoms with Crippen LogP contribution in [0.25, 0.3) is 0 Å². The van der Waals surface area contributed by atoms with E-state index in [9.17, 15) is 4.21 Å². The van der Waals surface area contributed by atoms with E-state index in [-0.39, 0.29) is 0 Å². The van der Waals surface area contributed by atoms with E-state index in [4.69, 9.17) is 4.18 Å². The molecule has 1 N–H and O–H groups in total. The summed E-state index contributed by atoms with van der Waals surface area (Å²) in [6, 6.07) is 13.0. The first-order valence-electron chi connectivity index (χ1n) is 14.1. The zero-order valence-electron chi connectivity index (χ0n) is 23.6. The largest absolute Gasteiger partial charge is 0.335 e. The van der Waals surface area contributed by atoms with Gasteiger partial charge in [0, 0.05) is 56.4 Å². The number of allylic oxidation sites excluding steroid dienone is 6. The summed E-state index contributed by atoms with van der Waals surface area (Å²) in [4.78, 5) is 8.61. The molecule has 0 aromatic heterocycles. The van der Waals surface area contributed by atoms with E-state index < -0.39 is 10.8 Å². The smallest absolute Gasteiger partial charge is 0.163 e. The molecule has 2 aliphatic heterocycles. The predicted octanol–water partition coefficient (Wildman–Crippen LogP) is 7.50. The number of hydrogen-bond donors (Lipinski definition) is 1. The number of nitrogens with one attached hydrogen (secondary N) is 1. The Morgan fingerprint density at radius 2 is 1.95 bits per heavy atom. The van der Waals surface area contributed by atoms with Crippen LogP contribution in [-0.4, -0.2) is 36.0 Å². The van der Waals surface area contributed by atoms with Crippen LogP contribution in [0.1, 0.15) is 39.5 Å². The van der Waals surface area contributed by atoms with Crippen LogP contribution in [0.3, 0.4) is 0 Å². The third-order valence-corrected chi connectivity index (χ3v) is 12.1. The summed E-state index contributed by atoms with van der Waals surface area (Å²) < 4.78 is 17.4. The van der Waals surface area contributed by atoms with Crippen molar-refractivity contribution in [3.05, 3.63) is 82.5 Å².